The number of aryl methyl sites for hydroxylation is 1. The molecule has 0 bridgehead atoms. The SMILES string of the molecule is Cc1nnc2nc(N3CCCc4c(C#CC5(C(F)(F)F)CC5)cccc43)c3c(F)cncc3n12. The minimum atomic E-state index is -4.33. The first kappa shape index (κ1) is 20.8. The fourth-order valence-electron chi connectivity index (χ4n) is 4.62. The van der Waals surface area contributed by atoms with Crippen LogP contribution < -0.4 is 4.90 Å². The molecule has 1 aromatic carbocycles. The van der Waals surface area contributed by atoms with E-state index in [2.05, 4.69) is 32.0 Å². The van der Waals surface area contributed by atoms with E-state index in [1.807, 2.05) is 11.0 Å². The van der Waals surface area contributed by atoms with E-state index in [4.69, 9.17) is 0 Å². The molecule has 6 rings (SSSR count). The number of pyridine rings is 1. The lowest BCUT2D eigenvalue weighted by molar-refractivity contribution is -0.168. The Labute approximate surface area is 191 Å². The van der Waals surface area contributed by atoms with Crippen molar-refractivity contribution in [1.29, 1.82) is 0 Å². The molecule has 3 aromatic heterocycles. The molecule has 4 aromatic rings. The van der Waals surface area contributed by atoms with Crippen molar-refractivity contribution in [2.45, 2.75) is 38.8 Å². The quantitative estimate of drug-likeness (QED) is 0.295. The van der Waals surface area contributed by atoms with Crippen molar-refractivity contribution in [2.24, 2.45) is 5.41 Å². The highest BCUT2D eigenvalue weighted by Gasteiger charge is 2.62. The van der Waals surface area contributed by atoms with Crippen molar-refractivity contribution in [3.8, 4) is 11.8 Å². The maximum atomic E-state index is 15.1. The number of anilines is 2. The van der Waals surface area contributed by atoms with Crippen molar-refractivity contribution < 1.29 is 17.6 Å². The Morgan fingerprint density at radius 1 is 1.12 bits per heavy atom. The minimum Gasteiger partial charge on any atom is -0.325 e. The van der Waals surface area contributed by atoms with Crippen LogP contribution in [0.4, 0.5) is 29.1 Å². The third-order valence-electron chi connectivity index (χ3n) is 6.59. The number of fused-ring (bicyclic) bond motifs is 4. The Morgan fingerprint density at radius 2 is 1.94 bits per heavy atom. The highest BCUT2D eigenvalue weighted by Crippen LogP contribution is 2.57. The lowest BCUT2D eigenvalue weighted by Crippen LogP contribution is -2.27. The number of halogens is 4. The van der Waals surface area contributed by atoms with Gasteiger partial charge in [-0.25, -0.2) is 4.39 Å². The molecular weight excluding hydrogens is 448 g/mol. The van der Waals surface area contributed by atoms with Crippen LogP contribution in [0, 0.1) is 30.0 Å². The van der Waals surface area contributed by atoms with Crippen molar-refractivity contribution in [2.75, 3.05) is 11.4 Å². The molecule has 172 valence electrons. The number of rotatable bonds is 1. The van der Waals surface area contributed by atoms with Crippen LogP contribution in [0.3, 0.4) is 0 Å². The minimum absolute atomic E-state index is 0.0334. The molecule has 10 heteroatoms. The Balaban J connectivity index is 1.52. The summed E-state index contributed by atoms with van der Waals surface area (Å²) < 4.78 is 56.8. The zero-order chi connectivity index (χ0) is 23.7. The van der Waals surface area contributed by atoms with Gasteiger partial charge in [0.2, 0.25) is 0 Å². The molecule has 1 fully saturated rings. The Kier molecular flexibility index (Phi) is 4.37. The molecule has 0 radical (unpaired) electrons. The Bertz CT molecular complexity index is 1520. The van der Waals surface area contributed by atoms with Gasteiger partial charge in [0.15, 0.2) is 5.82 Å². The normalized spacial score (nSPS) is 16.9. The van der Waals surface area contributed by atoms with Crippen LogP contribution >= 0.6 is 0 Å². The third kappa shape index (κ3) is 3.03. The van der Waals surface area contributed by atoms with Gasteiger partial charge in [0.05, 0.1) is 23.3 Å². The lowest BCUT2D eigenvalue weighted by Gasteiger charge is -2.32. The lowest BCUT2D eigenvalue weighted by atomic mass is 9.95. The predicted molar refractivity (Wildman–Crippen MR) is 117 cm³/mol. The van der Waals surface area contributed by atoms with E-state index in [9.17, 15) is 13.2 Å². The average molecular weight is 466 g/mol. The van der Waals surface area contributed by atoms with Gasteiger partial charge in [-0.1, -0.05) is 17.9 Å². The van der Waals surface area contributed by atoms with Gasteiger partial charge in [0, 0.05) is 17.8 Å². The van der Waals surface area contributed by atoms with Crippen LogP contribution in [0.1, 0.15) is 36.2 Å². The van der Waals surface area contributed by atoms with Crippen molar-refractivity contribution in [3.05, 3.63) is 53.4 Å². The molecule has 0 N–H and O–H groups in total. The van der Waals surface area contributed by atoms with Gasteiger partial charge < -0.3 is 4.90 Å². The van der Waals surface area contributed by atoms with E-state index >= 15 is 4.39 Å². The molecular formula is C24H18F4N6. The van der Waals surface area contributed by atoms with E-state index < -0.39 is 17.4 Å². The first-order valence-electron chi connectivity index (χ1n) is 10.9. The van der Waals surface area contributed by atoms with E-state index in [1.54, 1.807) is 29.7 Å². The van der Waals surface area contributed by atoms with E-state index in [1.165, 1.54) is 0 Å². The summed E-state index contributed by atoms with van der Waals surface area (Å²) in [4.78, 5) is 10.5. The van der Waals surface area contributed by atoms with Gasteiger partial charge in [-0.05, 0) is 50.3 Å². The average Bonchev–Trinajstić information content (AvgIpc) is 3.53. The molecule has 1 aliphatic heterocycles. The van der Waals surface area contributed by atoms with Gasteiger partial charge in [0.25, 0.3) is 5.78 Å². The zero-order valence-corrected chi connectivity index (χ0v) is 18.1. The van der Waals surface area contributed by atoms with E-state index in [0.29, 0.717) is 47.9 Å². The molecule has 1 aliphatic carbocycles. The van der Waals surface area contributed by atoms with E-state index in [-0.39, 0.29) is 18.2 Å². The number of alkyl halides is 3. The highest BCUT2D eigenvalue weighted by molar-refractivity contribution is 5.94. The maximum Gasteiger partial charge on any atom is 0.405 e. The van der Waals surface area contributed by atoms with Crippen LogP contribution in [-0.4, -0.2) is 37.3 Å². The topological polar surface area (TPSA) is 59.2 Å². The second-order valence-electron chi connectivity index (χ2n) is 8.72. The highest BCUT2D eigenvalue weighted by atomic mass is 19.4. The number of benzene rings is 1. The molecule has 0 amide bonds. The van der Waals surface area contributed by atoms with Crippen LogP contribution in [0.5, 0.6) is 0 Å². The maximum absolute atomic E-state index is 15.1. The summed E-state index contributed by atoms with van der Waals surface area (Å²) in [6, 6.07) is 5.36. The molecule has 4 heterocycles. The predicted octanol–water partition coefficient (Wildman–Crippen LogP) is 4.90. The number of hydrogen-bond donors (Lipinski definition) is 0. The van der Waals surface area contributed by atoms with Crippen molar-refractivity contribution in [1.82, 2.24) is 24.6 Å². The van der Waals surface area contributed by atoms with Crippen LogP contribution in [0.25, 0.3) is 16.7 Å². The first-order valence-corrected chi connectivity index (χ1v) is 10.9. The summed E-state index contributed by atoms with van der Waals surface area (Å²) in [6.45, 7) is 2.31. The third-order valence-corrected chi connectivity index (χ3v) is 6.59. The van der Waals surface area contributed by atoms with Gasteiger partial charge in [-0.15, -0.1) is 10.2 Å². The largest absolute Gasteiger partial charge is 0.405 e. The summed E-state index contributed by atoms with van der Waals surface area (Å²) >= 11 is 0. The molecule has 0 spiro atoms. The fraction of sp³-hybridized carbons (Fsp3) is 0.333. The molecule has 0 saturated heterocycles. The fourth-order valence-corrected chi connectivity index (χ4v) is 4.62. The summed E-state index contributed by atoms with van der Waals surface area (Å²) in [5, 5.41) is 8.46. The molecule has 0 unspecified atom stereocenters. The van der Waals surface area contributed by atoms with Gasteiger partial charge in [-0.2, -0.15) is 18.2 Å². The van der Waals surface area contributed by atoms with Gasteiger partial charge >= 0.3 is 6.18 Å². The molecule has 6 nitrogen and oxygen atoms in total. The Hall–Kier alpha value is -3.74. The van der Waals surface area contributed by atoms with Crippen molar-refractivity contribution >= 4 is 28.2 Å². The smallest absolute Gasteiger partial charge is 0.325 e. The number of nitrogens with zero attached hydrogens (tertiary/aromatic N) is 6. The van der Waals surface area contributed by atoms with Crippen LogP contribution in [-0.2, 0) is 6.42 Å². The number of aromatic nitrogens is 5. The molecule has 2 aliphatic rings. The van der Waals surface area contributed by atoms with Crippen molar-refractivity contribution in [3.63, 3.8) is 0 Å². The monoisotopic (exact) mass is 466 g/mol. The number of hydrogen-bond acceptors (Lipinski definition) is 5. The molecule has 34 heavy (non-hydrogen) atoms. The summed E-state index contributed by atoms with van der Waals surface area (Å²) in [6.07, 6.45) is -0.213. The summed E-state index contributed by atoms with van der Waals surface area (Å²) in [7, 11) is 0. The Morgan fingerprint density at radius 3 is 2.71 bits per heavy atom. The second kappa shape index (κ2) is 7.13. The molecule has 1 saturated carbocycles. The van der Waals surface area contributed by atoms with Crippen LogP contribution in [0.15, 0.2) is 30.6 Å². The molecule has 0 atom stereocenters. The van der Waals surface area contributed by atoms with E-state index in [0.717, 1.165) is 17.4 Å². The van der Waals surface area contributed by atoms with Gasteiger partial charge in [-0.3, -0.25) is 9.38 Å². The standard InChI is InChI=1S/C24H18F4N6/c1-14-31-32-22-30-21(20-17(25)12-29-13-19(20)34(14)22)33-11-3-5-16-15(4-2-6-18(16)33)7-8-23(9-10-23)24(26,27)28/h2,4,6,12-13H,3,5,9-11H2,1H3. The summed E-state index contributed by atoms with van der Waals surface area (Å²) in [5.41, 5.74) is 0.741. The summed E-state index contributed by atoms with van der Waals surface area (Å²) in [5.74, 6) is 6.02. The second-order valence-corrected chi connectivity index (χ2v) is 8.72. The first-order chi connectivity index (χ1) is 16.3. The zero-order valence-electron chi connectivity index (χ0n) is 18.1. The van der Waals surface area contributed by atoms with Crippen LogP contribution in [0.2, 0.25) is 0 Å². The van der Waals surface area contributed by atoms with Gasteiger partial charge in [0.1, 0.15) is 17.1 Å².